The summed E-state index contributed by atoms with van der Waals surface area (Å²) in [5.74, 6) is 0.536. The van der Waals surface area contributed by atoms with Gasteiger partial charge in [-0.3, -0.25) is 0 Å². The van der Waals surface area contributed by atoms with Crippen LogP contribution in [-0.2, 0) is 6.54 Å². The maximum absolute atomic E-state index is 13.3. The molecule has 0 unspecified atom stereocenters. The molecule has 102 valence electrons. The Balaban J connectivity index is 1.79. The number of imidazole rings is 1. The molecule has 0 atom stereocenters. The first-order chi connectivity index (χ1) is 9.74. The van der Waals surface area contributed by atoms with Gasteiger partial charge in [-0.05, 0) is 42.5 Å². The molecule has 0 amide bonds. The molecule has 1 N–H and O–H groups in total. The van der Waals surface area contributed by atoms with E-state index in [1.54, 1.807) is 6.07 Å². The summed E-state index contributed by atoms with van der Waals surface area (Å²) in [5.41, 5.74) is 1.59. The number of halogens is 1. The van der Waals surface area contributed by atoms with E-state index in [4.69, 9.17) is 17.0 Å². The standard InChI is InChI=1S/C15H13FN2OS/c16-11-6-7-13-14(10-11)18(15(20)17-13)8-9-19-12-4-2-1-3-5-12/h1-7,10H,8-9H2,(H,17,20). The summed E-state index contributed by atoms with van der Waals surface area (Å²) in [5, 5.41) is 0. The normalized spacial score (nSPS) is 10.8. The first-order valence-corrected chi connectivity index (χ1v) is 6.71. The van der Waals surface area contributed by atoms with Crippen LogP contribution < -0.4 is 4.74 Å². The molecule has 0 spiro atoms. The van der Waals surface area contributed by atoms with E-state index in [1.165, 1.54) is 12.1 Å². The molecular formula is C15H13FN2OS. The van der Waals surface area contributed by atoms with Gasteiger partial charge in [-0.2, -0.15) is 0 Å². The topological polar surface area (TPSA) is 29.9 Å². The van der Waals surface area contributed by atoms with Crippen LogP contribution in [0.4, 0.5) is 4.39 Å². The molecule has 0 radical (unpaired) electrons. The van der Waals surface area contributed by atoms with Crippen LogP contribution in [0.3, 0.4) is 0 Å². The Morgan fingerprint density at radius 2 is 1.95 bits per heavy atom. The molecule has 3 aromatic rings. The molecule has 0 saturated carbocycles. The molecule has 0 bridgehead atoms. The van der Waals surface area contributed by atoms with Gasteiger partial charge >= 0.3 is 0 Å². The van der Waals surface area contributed by atoms with Crippen LogP contribution in [0.15, 0.2) is 48.5 Å². The van der Waals surface area contributed by atoms with Crippen molar-refractivity contribution in [1.29, 1.82) is 0 Å². The number of hydrogen-bond donors (Lipinski definition) is 1. The van der Waals surface area contributed by atoms with Crippen LogP contribution in [0.25, 0.3) is 11.0 Å². The highest BCUT2D eigenvalue weighted by Gasteiger charge is 2.05. The lowest BCUT2D eigenvalue weighted by molar-refractivity contribution is 0.299. The number of ether oxygens (including phenoxy) is 1. The highest BCUT2D eigenvalue weighted by molar-refractivity contribution is 7.71. The van der Waals surface area contributed by atoms with Gasteiger partial charge in [-0.1, -0.05) is 18.2 Å². The van der Waals surface area contributed by atoms with E-state index in [0.29, 0.717) is 17.9 Å². The van der Waals surface area contributed by atoms with Gasteiger partial charge in [-0.25, -0.2) is 4.39 Å². The molecule has 2 aromatic carbocycles. The van der Waals surface area contributed by atoms with Crippen molar-refractivity contribution in [3.8, 4) is 5.75 Å². The Morgan fingerprint density at radius 3 is 2.75 bits per heavy atom. The highest BCUT2D eigenvalue weighted by atomic mass is 32.1. The molecule has 5 heteroatoms. The monoisotopic (exact) mass is 288 g/mol. The van der Waals surface area contributed by atoms with Crippen molar-refractivity contribution in [1.82, 2.24) is 9.55 Å². The number of fused-ring (bicyclic) bond motifs is 1. The third-order valence-electron chi connectivity index (χ3n) is 3.06. The lowest BCUT2D eigenvalue weighted by Gasteiger charge is -2.07. The predicted octanol–water partition coefficient (Wildman–Crippen LogP) is 3.92. The maximum atomic E-state index is 13.3. The van der Waals surface area contributed by atoms with Gasteiger partial charge in [0.1, 0.15) is 18.2 Å². The van der Waals surface area contributed by atoms with E-state index in [0.717, 1.165) is 16.8 Å². The van der Waals surface area contributed by atoms with Crippen LogP contribution >= 0.6 is 12.2 Å². The van der Waals surface area contributed by atoms with Gasteiger partial charge in [0.2, 0.25) is 0 Å². The average molecular weight is 288 g/mol. The molecule has 0 aliphatic rings. The van der Waals surface area contributed by atoms with E-state index in [-0.39, 0.29) is 5.82 Å². The number of nitrogens with zero attached hydrogens (tertiary/aromatic N) is 1. The van der Waals surface area contributed by atoms with Crippen molar-refractivity contribution < 1.29 is 9.13 Å². The minimum atomic E-state index is -0.274. The number of aromatic amines is 1. The summed E-state index contributed by atoms with van der Waals surface area (Å²) in [7, 11) is 0. The fourth-order valence-corrected chi connectivity index (χ4v) is 2.42. The van der Waals surface area contributed by atoms with Gasteiger partial charge < -0.3 is 14.3 Å². The predicted molar refractivity (Wildman–Crippen MR) is 79.0 cm³/mol. The molecular weight excluding hydrogens is 275 g/mol. The van der Waals surface area contributed by atoms with E-state index in [9.17, 15) is 4.39 Å². The fraction of sp³-hybridized carbons (Fsp3) is 0.133. The van der Waals surface area contributed by atoms with Crippen molar-refractivity contribution in [2.24, 2.45) is 0 Å². The number of aromatic nitrogens is 2. The van der Waals surface area contributed by atoms with E-state index < -0.39 is 0 Å². The number of rotatable bonds is 4. The van der Waals surface area contributed by atoms with Crippen molar-refractivity contribution in [3.63, 3.8) is 0 Å². The Kier molecular flexibility index (Phi) is 3.52. The second kappa shape index (κ2) is 5.46. The molecule has 0 aliphatic heterocycles. The van der Waals surface area contributed by atoms with Gasteiger partial charge in [-0.15, -0.1) is 0 Å². The lowest BCUT2D eigenvalue weighted by Crippen LogP contribution is -2.08. The average Bonchev–Trinajstić information content (AvgIpc) is 2.76. The first kappa shape index (κ1) is 12.9. The fourth-order valence-electron chi connectivity index (χ4n) is 2.12. The maximum Gasteiger partial charge on any atom is 0.178 e. The highest BCUT2D eigenvalue weighted by Crippen LogP contribution is 2.16. The summed E-state index contributed by atoms with van der Waals surface area (Å²) in [6.45, 7) is 1.04. The lowest BCUT2D eigenvalue weighted by atomic mass is 10.3. The molecule has 1 aromatic heterocycles. The largest absolute Gasteiger partial charge is 0.492 e. The zero-order valence-corrected chi connectivity index (χ0v) is 11.5. The Morgan fingerprint density at radius 1 is 1.15 bits per heavy atom. The van der Waals surface area contributed by atoms with Gasteiger partial charge in [0.05, 0.1) is 17.6 Å². The molecule has 1 heterocycles. The molecule has 0 saturated heterocycles. The molecule has 20 heavy (non-hydrogen) atoms. The third-order valence-corrected chi connectivity index (χ3v) is 3.39. The van der Waals surface area contributed by atoms with Crippen molar-refractivity contribution in [3.05, 3.63) is 59.1 Å². The summed E-state index contributed by atoms with van der Waals surface area (Å²) in [6, 6.07) is 14.1. The molecule has 0 fully saturated rings. The van der Waals surface area contributed by atoms with Crippen LogP contribution in [0.5, 0.6) is 5.75 Å². The van der Waals surface area contributed by atoms with Crippen molar-refractivity contribution >= 4 is 23.3 Å². The minimum Gasteiger partial charge on any atom is -0.492 e. The quantitative estimate of drug-likeness (QED) is 0.738. The second-order valence-corrected chi connectivity index (χ2v) is 4.79. The van der Waals surface area contributed by atoms with Crippen LogP contribution in [0.2, 0.25) is 0 Å². The Bertz CT molecular complexity index is 779. The molecule has 0 aliphatic carbocycles. The van der Waals surface area contributed by atoms with Gasteiger partial charge in [0.25, 0.3) is 0 Å². The number of hydrogen-bond acceptors (Lipinski definition) is 2. The third kappa shape index (κ3) is 2.58. The van der Waals surface area contributed by atoms with E-state index in [1.807, 2.05) is 34.9 Å². The SMILES string of the molecule is Fc1ccc2[nH]c(=S)n(CCOc3ccccc3)c2c1. The Hall–Kier alpha value is -2.14. The smallest absolute Gasteiger partial charge is 0.178 e. The van der Waals surface area contributed by atoms with Gasteiger partial charge in [0.15, 0.2) is 4.77 Å². The zero-order chi connectivity index (χ0) is 13.9. The minimum absolute atomic E-state index is 0.274. The van der Waals surface area contributed by atoms with Crippen LogP contribution in [0, 0.1) is 10.6 Å². The first-order valence-electron chi connectivity index (χ1n) is 6.30. The van der Waals surface area contributed by atoms with Crippen molar-refractivity contribution in [2.45, 2.75) is 6.54 Å². The van der Waals surface area contributed by atoms with E-state index in [2.05, 4.69) is 4.98 Å². The second-order valence-electron chi connectivity index (χ2n) is 4.40. The summed E-state index contributed by atoms with van der Waals surface area (Å²) < 4.78 is 21.4. The number of para-hydroxylation sites is 1. The summed E-state index contributed by atoms with van der Waals surface area (Å²) >= 11 is 5.26. The molecule has 3 rings (SSSR count). The van der Waals surface area contributed by atoms with Crippen LogP contribution in [-0.4, -0.2) is 16.2 Å². The number of nitrogens with one attached hydrogen (secondary N) is 1. The Labute approximate surface area is 120 Å². The summed E-state index contributed by atoms with van der Waals surface area (Å²) in [4.78, 5) is 3.06. The van der Waals surface area contributed by atoms with Crippen LogP contribution in [0.1, 0.15) is 0 Å². The van der Waals surface area contributed by atoms with Gasteiger partial charge in [0, 0.05) is 0 Å². The summed E-state index contributed by atoms with van der Waals surface area (Å²) in [6.07, 6.45) is 0. The zero-order valence-electron chi connectivity index (χ0n) is 10.7. The number of H-pyrrole nitrogens is 1. The number of benzene rings is 2. The van der Waals surface area contributed by atoms with Crippen molar-refractivity contribution in [2.75, 3.05) is 6.61 Å². The molecule has 3 nitrogen and oxygen atoms in total. The van der Waals surface area contributed by atoms with E-state index >= 15 is 0 Å².